The van der Waals surface area contributed by atoms with Gasteiger partial charge in [0.25, 0.3) is 0 Å². The van der Waals surface area contributed by atoms with Crippen LogP contribution in [0.25, 0.3) is 0 Å². The summed E-state index contributed by atoms with van der Waals surface area (Å²) in [6, 6.07) is 0. The molecule has 0 amide bonds. The third-order valence-corrected chi connectivity index (χ3v) is 3.34. The van der Waals surface area contributed by atoms with E-state index in [1.165, 1.54) is 0 Å². The molecule has 2 saturated heterocycles. The highest BCUT2D eigenvalue weighted by Crippen LogP contribution is 2.30. The fourth-order valence-corrected chi connectivity index (χ4v) is 2.30. The van der Waals surface area contributed by atoms with Gasteiger partial charge in [0, 0.05) is 19.7 Å². The van der Waals surface area contributed by atoms with E-state index in [-0.39, 0.29) is 12.0 Å². The van der Waals surface area contributed by atoms with Gasteiger partial charge >= 0.3 is 0 Å². The summed E-state index contributed by atoms with van der Waals surface area (Å²) >= 11 is 0. The zero-order valence-corrected chi connectivity index (χ0v) is 8.48. The Kier molecular flexibility index (Phi) is 3.07. The highest BCUT2D eigenvalue weighted by atomic mass is 16.5. The predicted molar refractivity (Wildman–Crippen MR) is 52.0 cm³/mol. The van der Waals surface area contributed by atoms with E-state index in [1.54, 1.807) is 0 Å². The van der Waals surface area contributed by atoms with E-state index >= 15 is 0 Å². The van der Waals surface area contributed by atoms with Crippen molar-refractivity contribution in [2.24, 2.45) is 11.3 Å². The highest BCUT2D eigenvalue weighted by Gasteiger charge is 2.40. The molecule has 0 aromatic rings. The van der Waals surface area contributed by atoms with Gasteiger partial charge in [0.05, 0.1) is 25.2 Å². The molecule has 2 aliphatic heterocycles. The second-order valence-electron chi connectivity index (χ2n) is 4.72. The van der Waals surface area contributed by atoms with Crippen molar-refractivity contribution < 1.29 is 14.9 Å². The number of ether oxygens (including phenoxy) is 1. The molecule has 1 unspecified atom stereocenters. The first-order chi connectivity index (χ1) is 6.78. The van der Waals surface area contributed by atoms with Crippen LogP contribution in [0.15, 0.2) is 0 Å². The Morgan fingerprint density at radius 3 is 2.57 bits per heavy atom. The summed E-state index contributed by atoms with van der Waals surface area (Å²) in [6.45, 7) is 4.81. The van der Waals surface area contributed by atoms with Gasteiger partial charge in [0.1, 0.15) is 0 Å². The van der Waals surface area contributed by atoms with Crippen LogP contribution in [-0.4, -0.2) is 61.2 Å². The highest BCUT2D eigenvalue weighted by molar-refractivity contribution is 4.90. The minimum Gasteiger partial charge on any atom is -0.396 e. The molecule has 4 heteroatoms. The number of aliphatic hydroxyl groups excluding tert-OH is 2. The second-order valence-corrected chi connectivity index (χ2v) is 4.72. The van der Waals surface area contributed by atoms with Crippen molar-refractivity contribution in [2.75, 3.05) is 46.1 Å². The molecule has 0 spiro atoms. The molecule has 0 aromatic heterocycles. The summed E-state index contributed by atoms with van der Waals surface area (Å²) < 4.78 is 5.16. The quantitative estimate of drug-likeness (QED) is 0.632. The first kappa shape index (κ1) is 10.4. The smallest absolute Gasteiger partial charge is 0.0579 e. The maximum absolute atomic E-state index is 9.26. The molecule has 0 saturated carbocycles. The lowest BCUT2D eigenvalue weighted by atomic mass is 9.86. The second kappa shape index (κ2) is 4.14. The van der Waals surface area contributed by atoms with Crippen LogP contribution in [0.4, 0.5) is 0 Å². The van der Waals surface area contributed by atoms with Crippen LogP contribution in [0.3, 0.4) is 0 Å². The van der Waals surface area contributed by atoms with E-state index in [0.29, 0.717) is 25.7 Å². The third-order valence-electron chi connectivity index (χ3n) is 3.34. The Labute approximate surface area is 84.5 Å². The molecule has 1 atom stereocenters. The summed E-state index contributed by atoms with van der Waals surface area (Å²) in [6.07, 6.45) is 1.08. The maximum atomic E-state index is 9.26. The monoisotopic (exact) mass is 201 g/mol. The van der Waals surface area contributed by atoms with Crippen LogP contribution in [0, 0.1) is 11.3 Å². The van der Waals surface area contributed by atoms with Crippen molar-refractivity contribution in [1.29, 1.82) is 0 Å². The summed E-state index contributed by atoms with van der Waals surface area (Å²) in [4.78, 5) is 2.33. The maximum Gasteiger partial charge on any atom is 0.0579 e. The van der Waals surface area contributed by atoms with Gasteiger partial charge in [-0.05, 0) is 18.9 Å². The number of nitrogens with zero attached hydrogens (tertiary/aromatic N) is 1. The van der Waals surface area contributed by atoms with E-state index in [1.807, 2.05) is 0 Å². The Balaban J connectivity index is 1.80. The fourth-order valence-electron chi connectivity index (χ4n) is 2.30. The average molecular weight is 201 g/mol. The minimum atomic E-state index is -0.00958. The SMILES string of the molecule is OCC1CCN(CC2(CO)COC2)C1. The zero-order valence-electron chi connectivity index (χ0n) is 8.48. The average Bonchev–Trinajstić information content (AvgIpc) is 2.59. The summed E-state index contributed by atoms with van der Waals surface area (Å²) in [7, 11) is 0. The molecule has 4 nitrogen and oxygen atoms in total. The van der Waals surface area contributed by atoms with Crippen molar-refractivity contribution in [1.82, 2.24) is 4.90 Å². The first-order valence-electron chi connectivity index (χ1n) is 5.30. The van der Waals surface area contributed by atoms with Crippen molar-refractivity contribution in [3.8, 4) is 0 Å². The number of aliphatic hydroxyl groups is 2. The van der Waals surface area contributed by atoms with Gasteiger partial charge in [-0.25, -0.2) is 0 Å². The first-order valence-corrected chi connectivity index (χ1v) is 5.30. The lowest BCUT2D eigenvalue weighted by molar-refractivity contribution is -0.146. The number of rotatable bonds is 4. The van der Waals surface area contributed by atoms with E-state index in [2.05, 4.69) is 4.90 Å². The fraction of sp³-hybridized carbons (Fsp3) is 1.00. The Morgan fingerprint density at radius 2 is 2.14 bits per heavy atom. The molecule has 2 fully saturated rings. The third kappa shape index (κ3) is 1.93. The van der Waals surface area contributed by atoms with Crippen molar-refractivity contribution in [3.63, 3.8) is 0 Å². The zero-order chi connectivity index (χ0) is 10.0. The normalized spacial score (nSPS) is 31.7. The Bertz CT molecular complexity index is 188. The molecule has 14 heavy (non-hydrogen) atoms. The standard InChI is InChI=1S/C10H19NO3/c12-4-9-1-2-11(3-9)5-10(6-13)7-14-8-10/h9,12-13H,1-8H2. The van der Waals surface area contributed by atoms with Crippen LogP contribution >= 0.6 is 0 Å². The lowest BCUT2D eigenvalue weighted by Gasteiger charge is -2.42. The summed E-state index contributed by atoms with van der Waals surface area (Å²) in [5, 5.41) is 18.3. The molecule has 2 aliphatic rings. The van der Waals surface area contributed by atoms with Crippen LogP contribution in [-0.2, 0) is 4.74 Å². The molecule has 2 N–H and O–H groups in total. The Morgan fingerprint density at radius 1 is 1.36 bits per heavy atom. The summed E-state index contributed by atoms with van der Waals surface area (Å²) in [5.41, 5.74) is -0.00958. The van der Waals surface area contributed by atoms with Crippen LogP contribution in [0.5, 0.6) is 0 Å². The van der Waals surface area contributed by atoms with Crippen molar-refractivity contribution in [3.05, 3.63) is 0 Å². The molecule has 2 rings (SSSR count). The van der Waals surface area contributed by atoms with Crippen molar-refractivity contribution in [2.45, 2.75) is 6.42 Å². The van der Waals surface area contributed by atoms with E-state index in [4.69, 9.17) is 9.84 Å². The van der Waals surface area contributed by atoms with Gasteiger partial charge in [0.15, 0.2) is 0 Å². The molecular weight excluding hydrogens is 182 g/mol. The van der Waals surface area contributed by atoms with Gasteiger partial charge in [-0.2, -0.15) is 0 Å². The van der Waals surface area contributed by atoms with E-state index in [9.17, 15) is 5.11 Å². The molecule has 0 aromatic carbocycles. The van der Waals surface area contributed by atoms with Crippen LogP contribution < -0.4 is 0 Å². The van der Waals surface area contributed by atoms with Gasteiger partial charge < -0.3 is 19.8 Å². The topological polar surface area (TPSA) is 52.9 Å². The Hall–Kier alpha value is -0.160. The molecule has 2 heterocycles. The number of likely N-dealkylation sites (tertiary alicyclic amines) is 1. The number of hydrogen-bond donors (Lipinski definition) is 2. The molecule has 0 bridgehead atoms. The number of hydrogen-bond acceptors (Lipinski definition) is 4. The van der Waals surface area contributed by atoms with Gasteiger partial charge in [-0.1, -0.05) is 0 Å². The van der Waals surface area contributed by atoms with Gasteiger partial charge in [0.2, 0.25) is 0 Å². The summed E-state index contributed by atoms with van der Waals surface area (Å²) in [5.74, 6) is 0.437. The molecular formula is C10H19NO3. The molecule has 82 valence electrons. The lowest BCUT2D eigenvalue weighted by Crippen LogP contribution is -2.52. The van der Waals surface area contributed by atoms with Crippen molar-refractivity contribution >= 4 is 0 Å². The van der Waals surface area contributed by atoms with Crippen LogP contribution in [0.1, 0.15) is 6.42 Å². The predicted octanol–water partition coefficient (Wildman–Crippen LogP) is -0.690. The molecule has 0 aliphatic carbocycles. The molecule has 0 radical (unpaired) electrons. The minimum absolute atomic E-state index is 0.00958. The van der Waals surface area contributed by atoms with E-state index in [0.717, 1.165) is 26.1 Å². The van der Waals surface area contributed by atoms with E-state index < -0.39 is 0 Å². The van der Waals surface area contributed by atoms with Gasteiger partial charge in [-0.3, -0.25) is 0 Å². The van der Waals surface area contributed by atoms with Crippen LogP contribution in [0.2, 0.25) is 0 Å². The van der Waals surface area contributed by atoms with Gasteiger partial charge in [-0.15, -0.1) is 0 Å². The largest absolute Gasteiger partial charge is 0.396 e.